The Hall–Kier alpha value is -2.90. The van der Waals surface area contributed by atoms with E-state index < -0.39 is 5.97 Å². The van der Waals surface area contributed by atoms with Gasteiger partial charge in [0.15, 0.2) is 12.4 Å². The lowest BCUT2D eigenvalue weighted by Gasteiger charge is -2.10. The number of benzene rings is 2. The van der Waals surface area contributed by atoms with E-state index in [-0.39, 0.29) is 34.9 Å². The molecule has 0 aliphatic rings. The predicted octanol–water partition coefficient (Wildman–Crippen LogP) is 4.17. The molecule has 0 amide bonds. The first kappa shape index (κ1) is 18.9. The molecule has 0 spiro atoms. The van der Waals surface area contributed by atoms with Crippen LogP contribution in [0.15, 0.2) is 42.5 Å². The van der Waals surface area contributed by atoms with Crippen molar-refractivity contribution in [3.05, 3.63) is 69.5 Å². The fourth-order valence-corrected chi connectivity index (χ4v) is 2.74. The van der Waals surface area contributed by atoms with Crippen molar-refractivity contribution < 1.29 is 9.53 Å². The highest BCUT2D eigenvalue weighted by Crippen LogP contribution is 2.22. The Morgan fingerprint density at radius 2 is 1.93 bits per heavy atom. The van der Waals surface area contributed by atoms with Crippen LogP contribution in [0.5, 0.6) is 0 Å². The van der Waals surface area contributed by atoms with E-state index >= 15 is 0 Å². The van der Waals surface area contributed by atoms with E-state index in [1.807, 2.05) is 31.2 Å². The summed E-state index contributed by atoms with van der Waals surface area (Å²) in [6.07, 6.45) is 0. The SMILES string of the molecule is Cc1ccccc1Nc1nc(N)nc(COC(=O)c2ccc(Cl)cc2Cl)n1. The molecule has 3 N–H and O–H groups in total. The molecule has 0 unspecified atom stereocenters. The molecule has 0 aliphatic heterocycles. The molecule has 3 aromatic rings. The van der Waals surface area contributed by atoms with Crippen molar-refractivity contribution in [1.82, 2.24) is 15.0 Å². The molecule has 1 heterocycles. The van der Waals surface area contributed by atoms with E-state index in [9.17, 15) is 4.79 Å². The predicted molar refractivity (Wildman–Crippen MR) is 104 cm³/mol. The van der Waals surface area contributed by atoms with Gasteiger partial charge in [0, 0.05) is 10.7 Å². The molecule has 0 bridgehead atoms. The summed E-state index contributed by atoms with van der Waals surface area (Å²) in [4.78, 5) is 24.4. The molecule has 0 saturated heterocycles. The third kappa shape index (κ3) is 4.84. The molecule has 3 rings (SSSR count). The molecular weight excluding hydrogens is 389 g/mol. The van der Waals surface area contributed by atoms with Crippen LogP contribution in [0.3, 0.4) is 0 Å². The summed E-state index contributed by atoms with van der Waals surface area (Å²) in [5.41, 5.74) is 7.77. The van der Waals surface area contributed by atoms with Crippen LogP contribution < -0.4 is 11.1 Å². The third-order valence-corrected chi connectivity index (χ3v) is 4.12. The van der Waals surface area contributed by atoms with Crippen LogP contribution in [-0.4, -0.2) is 20.9 Å². The molecule has 0 aliphatic carbocycles. The Bertz CT molecular complexity index is 997. The highest BCUT2D eigenvalue weighted by molar-refractivity contribution is 6.36. The number of ether oxygens (including phenoxy) is 1. The van der Waals surface area contributed by atoms with Gasteiger partial charge in [-0.3, -0.25) is 0 Å². The molecule has 2 aromatic carbocycles. The largest absolute Gasteiger partial charge is 0.454 e. The lowest BCUT2D eigenvalue weighted by atomic mass is 10.2. The van der Waals surface area contributed by atoms with Gasteiger partial charge < -0.3 is 15.8 Å². The highest BCUT2D eigenvalue weighted by atomic mass is 35.5. The van der Waals surface area contributed by atoms with Crippen molar-refractivity contribution in [2.24, 2.45) is 0 Å². The minimum absolute atomic E-state index is 0.0108. The zero-order chi connectivity index (χ0) is 19.4. The van der Waals surface area contributed by atoms with Gasteiger partial charge in [-0.05, 0) is 36.8 Å². The number of para-hydroxylation sites is 1. The average Bonchev–Trinajstić information content (AvgIpc) is 2.61. The van der Waals surface area contributed by atoms with Crippen molar-refractivity contribution in [1.29, 1.82) is 0 Å². The summed E-state index contributed by atoms with van der Waals surface area (Å²) in [6, 6.07) is 12.1. The van der Waals surface area contributed by atoms with E-state index in [2.05, 4.69) is 20.3 Å². The van der Waals surface area contributed by atoms with Crippen molar-refractivity contribution in [2.45, 2.75) is 13.5 Å². The van der Waals surface area contributed by atoms with E-state index in [4.69, 9.17) is 33.7 Å². The van der Waals surface area contributed by atoms with Crippen LogP contribution in [0.25, 0.3) is 0 Å². The minimum atomic E-state index is -0.621. The highest BCUT2D eigenvalue weighted by Gasteiger charge is 2.14. The first-order valence-electron chi connectivity index (χ1n) is 7.87. The Morgan fingerprint density at radius 1 is 1.15 bits per heavy atom. The number of anilines is 3. The number of carbonyl (C=O) groups is 1. The summed E-state index contributed by atoms with van der Waals surface area (Å²) in [7, 11) is 0. The lowest BCUT2D eigenvalue weighted by molar-refractivity contribution is 0.0462. The summed E-state index contributed by atoms with van der Waals surface area (Å²) >= 11 is 11.8. The maximum Gasteiger partial charge on any atom is 0.340 e. The maximum absolute atomic E-state index is 12.2. The molecule has 0 radical (unpaired) electrons. The van der Waals surface area contributed by atoms with Gasteiger partial charge in [0.1, 0.15) is 0 Å². The fourth-order valence-electron chi connectivity index (χ4n) is 2.25. The maximum atomic E-state index is 12.2. The molecule has 0 saturated carbocycles. The summed E-state index contributed by atoms with van der Waals surface area (Å²) in [5, 5.41) is 3.69. The van der Waals surface area contributed by atoms with E-state index in [1.165, 1.54) is 12.1 Å². The van der Waals surface area contributed by atoms with Crippen molar-refractivity contribution >= 4 is 46.8 Å². The van der Waals surface area contributed by atoms with Crippen LogP contribution in [0.1, 0.15) is 21.7 Å². The monoisotopic (exact) mass is 403 g/mol. The summed E-state index contributed by atoms with van der Waals surface area (Å²) in [5.74, 6) is -0.148. The van der Waals surface area contributed by atoms with Crippen LogP contribution in [0, 0.1) is 6.92 Å². The van der Waals surface area contributed by atoms with Crippen molar-refractivity contribution in [3.8, 4) is 0 Å². The van der Waals surface area contributed by atoms with Crippen LogP contribution in [0.4, 0.5) is 17.6 Å². The number of halogens is 2. The smallest absolute Gasteiger partial charge is 0.340 e. The number of hydrogen-bond acceptors (Lipinski definition) is 7. The third-order valence-electron chi connectivity index (χ3n) is 3.57. The molecule has 0 atom stereocenters. The number of esters is 1. The topological polar surface area (TPSA) is 103 Å². The Morgan fingerprint density at radius 3 is 2.67 bits per heavy atom. The summed E-state index contributed by atoms with van der Waals surface area (Å²) < 4.78 is 5.22. The van der Waals surface area contributed by atoms with Crippen LogP contribution in [-0.2, 0) is 11.3 Å². The Balaban J connectivity index is 1.73. The molecule has 27 heavy (non-hydrogen) atoms. The van der Waals surface area contributed by atoms with Gasteiger partial charge in [-0.15, -0.1) is 0 Å². The molecular formula is C18H15Cl2N5O2. The van der Waals surface area contributed by atoms with Crippen molar-refractivity contribution in [2.75, 3.05) is 11.1 Å². The Labute approximate surface area is 165 Å². The van der Waals surface area contributed by atoms with Gasteiger partial charge in [0.25, 0.3) is 0 Å². The van der Waals surface area contributed by atoms with Crippen LogP contribution in [0.2, 0.25) is 10.0 Å². The molecule has 7 nitrogen and oxygen atoms in total. The summed E-state index contributed by atoms with van der Waals surface area (Å²) in [6.45, 7) is 1.76. The molecule has 1 aromatic heterocycles. The second-order valence-electron chi connectivity index (χ2n) is 5.57. The van der Waals surface area contributed by atoms with Crippen molar-refractivity contribution in [3.63, 3.8) is 0 Å². The Kier molecular flexibility index (Phi) is 5.73. The number of nitrogens with zero attached hydrogens (tertiary/aromatic N) is 3. The minimum Gasteiger partial charge on any atom is -0.454 e. The lowest BCUT2D eigenvalue weighted by Crippen LogP contribution is -2.11. The number of aromatic nitrogens is 3. The second-order valence-corrected chi connectivity index (χ2v) is 6.42. The fraction of sp³-hybridized carbons (Fsp3) is 0.111. The number of hydrogen-bond donors (Lipinski definition) is 2. The van der Waals surface area contributed by atoms with E-state index in [0.29, 0.717) is 5.02 Å². The zero-order valence-corrected chi connectivity index (χ0v) is 15.8. The number of nitrogen functional groups attached to an aromatic ring is 1. The first-order chi connectivity index (χ1) is 12.9. The van der Waals surface area contributed by atoms with E-state index in [0.717, 1.165) is 11.3 Å². The first-order valence-corrected chi connectivity index (χ1v) is 8.63. The quantitative estimate of drug-likeness (QED) is 0.615. The average molecular weight is 404 g/mol. The number of rotatable bonds is 5. The number of aryl methyl sites for hydroxylation is 1. The second kappa shape index (κ2) is 8.20. The van der Waals surface area contributed by atoms with Gasteiger partial charge in [0.2, 0.25) is 11.9 Å². The number of nitrogens with one attached hydrogen (secondary N) is 1. The number of carbonyl (C=O) groups excluding carboxylic acids is 1. The standard InChI is InChI=1S/C18H15Cl2N5O2/c1-10-4-2-3-5-14(10)22-18-24-15(23-17(21)25-18)9-27-16(26)12-7-6-11(19)8-13(12)20/h2-8H,9H2,1H3,(H3,21,22,23,24,25). The van der Waals surface area contributed by atoms with Crippen LogP contribution >= 0.6 is 23.2 Å². The van der Waals surface area contributed by atoms with Gasteiger partial charge in [-0.25, -0.2) is 4.79 Å². The zero-order valence-electron chi connectivity index (χ0n) is 14.2. The molecule has 9 heteroatoms. The number of nitrogens with two attached hydrogens (primary N) is 1. The van der Waals surface area contributed by atoms with E-state index in [1.54, 1.807) is 6.07 Å². The molecule has 0 fully saturated rings. The van der Waals surface area contributed by atoms with Gasteiger partial charge >= 0.3 is 5.97 Å². The van der Waals surface area contributed by atoms with Gasteiger partial charge in [-0.1, -0.05) is 41.4 Å². The normalized spacial score (nSPS) is 10.5. The van der Waals surface area contributed by atoms with Gasteiger partial charge in [0.05, 0.1) is 10.6 Å². The van der Waals surface area contributed by atoms with Gasteiger partial charge in [-0.2, -0.15) is 15.0 Å². The molecule has 138 valence electrons.